The van der Waals surface area contributed by atoms with Crippen LogP contribution in [0.25, 0.3) is 22.1 Å². The van der Waals surface area contributed by atoms with Gasteiger partial charge >= 0.3 is 5.63 Å². The summed E-state index contributed by atoms with van der Waals surface area (Å²) in [5.74, 6) is 0.817. The molecule has 4 aromatic rings. The minimum Gasteiger partial charge on any atom is -0.472 e. The molecule has 150 valence electrons. The highest BCUT2D eigenvalue weighted by molar-refractivity contribution is 5.96. The van der Waals surface area contributed by atoms with Crippen LogP contribution in [0.2, 0.25) is 0 Å². The van der Waals surface area contributed by atoms with E-state index in [2.05, 4.69) is 42.2 Å². The molecule has 30 heavy (non-hydrogen) atoms. The molecular weight excluding hydrogens is 374 g/mol. The molecule has 0 unspecified atom stereocenters. The first kappa shape index (κ1) is 18.5. The average Bonchev–Trinajstić information content (AvgIpc) is 2.79. The molecule has 4 nitrogen and oxygen atoms in total. The lowest BCUT2D eigenvalue weighted by Gasteiger charge is -2.32. The standard InChI is InChI=1S/C26H23NO3/c1-3-18-9-11-21(12-10-18)27-15-20-13-23-22(19-7-5-4-6-8-19)14-24(28)30-26(23)17(2)25(20)29-16-27/h4-14H,3,15-16H2,1-2H3. The first-order valence-electron chi connectivity index (χ1n) is 10.3. The fourth-order valence-corrected chi connectivity index (χ4v) is 4.19. The smallest absolute Gasteiger partial charge is 0.336 e. The maximum Gasteiger partial charge on any atom is 0.336 e. The van der Waals surface area contributed by atoms with E-state index in [-0.39, 0.29) is 5.63 Å². The second kappa shape index (κ2) is 7.38. The van der Waals surface area contributed by atoms with E-state index >= 15 is 0 Å². The molecule has 0 bridgehead atoms. The number of anilines is 1. The Morgan fingerprint density at radius 1 is 1.00 bits per heavy atom. The maximum absolute atomic E-state index is 12.3. The van der Waals surface area contributed by atoms with Crippen molar-refractivity contribution in [2.45, 2.75) is 26.8 Å². The van der Waals surface area contributed by atoms with Gasteiger partial charge < -0.3 is 14.1 Å². The lowest BCUT2D eigenvalue weighted by Crippen LogP contribution is -2.32. The van der Waals surface area contributed by atoms with Gasteiger partial charge in [0.15, 0.2) is 6.73 Å². The molecule has 2 heterocycles. The van der Waals surface area contributed by atoms with Crippen molar-refractivity contribution in [3.8, 4) is 16.9 Å². The number of nitrogens with zero attached hydrogens (tertiary/aromatic N) is 1. The highest BCUT2D eigenvalue weighted by Crippen LogP contribution is 2.39. The van der Waals surface area contributed by atoms with Crippen molar-refractivity contribution >= 4 is 16.7 Å². The van der Waals surface area contributed by atoms with E-state index in [9.17, 15) is 4.79 Å². The summed E-state index contributed by atoms with van der Waals surface area (Å²) in [5.41, 5.74) is 6.56. The normalized spacial score (nSPS) is 13.2. The molecule has 4 heteroatoms. The van der Waals surface area contributed by atoms with Gasteiger partial charge in [-0.1, -0.05) is 49.4 Å². The summed E-state index contributed by atoms with van der Waals surface area (Å²) in [7, 11) is 0. The zero-order chi connectivity index (χ0) is 20.7. The summed E-state index contributed by atoms with van der Waals surface area (Å²) in [6, 6.07) is 22.3. The fourth-order valence-electron chi connectivity index (χ4n) is 4.19. The Hall–Kier alpha value is -3.53. The SMILES string of the molecule is CCc1ccc(N2COc3c(cc4c(-c5ccccc5)cc(=O)oc4c3C)C2)cc1. The summed E-state index contributed by atoms with van der Waals surface area (Å²) >= 11 is 0. The minimum atomic E-state index is -0.349. The number of aryl methyl sites for hydroxylation is 2. The molecule has 0 fully saturated rings. The number of fused-ring (bicyclic) bond motifs is 2. The summed E-state index contributed by atoms with van der Waals surface area (Å²) in [4.78, 5) is 14.5. The third kappa shape index (κ3) is 3.14. The molecule has 0 spiro atoms. The van der Waals surface area contributed by atoms with Crippen molar-refractivity contribution in [1.29, 1.82) is 0 Å². The van der Waals surface area contributed by atoms with Crippen molar-refractivity contribution in [2.24, 2.45) is 0 Å². The van der Waals surface area contributed by atoms with Gasteiger partial charge in [0, 0.05) is 34.8 Å². The lowest BCUT2D eigenvalue weighted by atomic mass is 9.97. The second-order valence-corrected chi connectivity index (χ2v) is 7.70. The van der Waals surface area contributed by atoms with Crippen LogP contribution in [0.1, 0.15) is 23.6 Å². The van der Waals surface area contributed by atoms with Gasteiger partial charge in [0.05, 0.1) is 0 Å². The summed E-state index contributed by atoms with van der Waals surface area (Å²) in [6.07, 6.45) is 1.03. The van der Waals surface area contributed by atoms with Crippen LogP contribution in [0, 0.1) is 6.92 Å². The average molecular weight is 397 g/mol. The molecule has 0 aliphatic carbocycles. The van der Waals surface area contributed by atoms with Crippen LogP contribution in [0.4, 0.5) is 5.69 Å². The van der Waals surface area contributed by atoms with E-state index in [0.717, 1.165) is 52.0 Å². The Labute approximate surface area is 175 Å². The Morgan fingerprint density at radius 2 is 1.77 bits per heavy atom. The van der Waals surface area contributed by atoms with Crippen LogP contribution in [-0.2, 0) is 13.0 Å². The number of rotatable bonds is 3. The van der Waals surface area contributed by atoms with E-state index in [1.165, 1.54) is 5.56 Å². The molecule has 0 amide bonds. The van der Waals surface area contributed by atoms with Gasteiger partial charge in [-0.15, -0.1) is 0 Å². The first-order chi connectivity index (χ1) is 14.6. The molecule has 3 aromatic carbocycles. The van der Waals surface area contributed by atoms with Crippen molar-refractivity contribution < 1.29 is 9.15 Å². The van der Waals surface area contributed by atoms with Crippen LogP contribution in [-0.4, -0.2) is 6.73 Å². The molecule has 0 N–H and O–H groups in total. The van der Waals surface area contributed by atoms with E-state index < -0.39 is 0 Å². The van der Waals surface area contributed by atoms with E-state index in [0.29, 0.717) is 12.3 Å². The molecule has 1 aromatic heterocycles. The van der Waals surface area contributed by atoms with Crippen LogP contribution in [0.3, 0.4) is 0 Å². The summed E-state index contributed by atoms with van der Waals surface area (Å²) < 4.78 is 11.7. The van der Waals surface area contributed by atoms with E-state index in [1.807, 2.05) is 37.3 Å². The van der Waals surface area contributed by atoms with Crippen molar-refractivity contribution in [2.75, 3.05) is 11.6 Å². The fraction of sp³-hybridized carbons (Fsp3) is 0.192. The Kier molecular flexibility index (Phi) is 4.55. The molecule has 0 saturated carbocycles. The molecular formula is C26H23NO3. The van der Waals surface area contributed by atoms with Gasteiger partial charge in [-0.3, -0.25) is 0 Å². The highest BCUT2D eigenvalue weighted by atomic mass is 16.5. The monoisotopic (exact) mass is 397 g/mol. The number of hydrogen-bond donors (Lipinski definition) is 0. The van der Waals surface area contributed by atoms with Crippen LogP contribution in [0.5, 0.6) is 5.75 Å². The third-order valence-corrected chi connectivity index (χ3v) is 5.81. The predicted octanol–water partition coefficient (Wildman–Crippen LogP) is 5.69. The number of hydrogen-bond acceptors (Lipinski definition) is 4. The maximum atomic E-state index is 12.3. The lowest BCUT2D eigenvalue weighted by molar-refractivity contribution is 0.287. The van der Waals surface area contributed by atoms with E-state index in [1.54, 1.807) is 6.07 Å². The van der Waals surface area contributed by atoms with Gasteiger partial charge in [0.2, 0.25) is 0 Å². The Bertz CT molecular complexity index is 1270. The molecule has 1 aliphatic heterocycles. The molecule has 0 atom stereocenters. The summed E-state index contributed by atoms with van der Waals surface area (Å²) in [5, 5.41) is 0.934. The van der Waals surface area contributed by atoms with Crippen LogP contribution >= 0.6 is 0 Å². The molecule has 0 radical (unpaired) electrons. The molecule has 1 aliphatic rings. The second-order valence-electron chi connectivity index (χ2n) is 7.70. The van der Waals surface area contributed by atoms with Gasteiger partial charge in [0.25, 0.3) is 0 Å². The highest BCUT2D eigenvalue weighted by Gasteiger charge is 2.23. The number of ether oxygens (including phenoxy) is 1. The van der Waals surface area contributed by atoms with Gasteiger partial charge in [0.1, 0.15) is 11.3 Å². The number of benzene rings is 3. The topological polar surface area (TPSA) is 42.7 Å². The van der Waals surface area contributed by atoms with Gasteiger partial charge in [-0.25, -0.2) is 4.79 Å². The van der Waals surface area contributed by atoms with Crippen molar-refractivity contribution in [3.05, 3.63) is 93.8 Å². The molecule has 5 rings (SSSR count). The molecule has 0 saturated heterocycles. The van der Waals surface area contributed by atoms with Crippen molar-refractivity contribution in [1.82, 2.24) is 0 Å². The predicted molar refractivity (Wildman–Crippen MR) is 120 cm³/mol. The van der Waals surface area contributed by atoms with E-state index in [4.69, 9.17) is 9.15 Å². The largest absolute Gasteiger partial charge is 0.472 e. The van der Waals surface area contributed by atoms with Crippen molar-refractivity contribution in [3.63, 3.8) is 0 Å². The third-order valence-electron chi connectivity index (χ3n) is 5.81. The summed E-state index contributed by atoms with van der Waals surface area (Å²) in [6.45, 7) is 5.33. The van der Waals surface area contributed by atoms with Crippen LogP contribution < -0.4 is 15.3 Å². The Balaban J connectivity index is 1.63. The Morgan fingerprint density at radius 3 is 2.50 bits per heavy atom. The minimum absolute atomic E-state index is 0.349. The van der Waals surface area contributed by atoms with Gasteiger partial charge in [-0.2, -0.15) is 0 Å². The first-order valence-corrected chi connectivity index (χ1v) is 10.3. The quantitative estimate of drug-likeness (QED) is 0.417. The zero-order valence-corrected chi connectivity index (χ0v) is 17.1. The van der Waals surface area contributed by atoms with Gasteiger partial charge in [-0.05, 0) is 48.2 Å². The zero-order valence-electron chi connectivity index (χ0n) is 17.1. The van der Waals surface area contributed by atoms with Crippen LogP contribution in [0.15, 0.2) is 75.9 Å².